The summed E-state index contributed by atoms with van der Waals surface area (Å²) in [6, 6.07) is 0. The van der Waals surface area contributed by atoms with Crippen molar-refractivity contribution in [2.45, 2.75) is 13.3 Å². The van der Waals surface area contributed by atoms with Crippen LogP contribution in [0.4, 0.5) is 0 Å². The summed E-state index contributed by atoms with van der Waals surface area (Å²) in [5, 5.41) is 7.50. The summed E-state index contributed by atoms with van der Waals surface area (Å²) in [5.41, 5.74) is 2.53. The third kappa shape index (κ3) is 3.40. The van der Waals surface area contributed by atoms with Gasteiger partial charge in [0, 0.05) is 31.3 Å². The molecular weight excluding hydrogens is 182 g/mol. The molecular formula is C9H17N3S. The molecule has 0 spiro atoms. The van der Waals surface area contributed by atoms with Crippen molar-refractivity contribution in [2.75, 3.05) is 18.7 Å². The van der Waals surface area contributed by atoms with Gasteiger partial charge in [0.1, 0.15) is 0 Å². The minimum absolute atomic E-state index is 1.02. The van der Waals surface area contributed by atoms with Gasteiger partial charge >= 0.3 is 0 Å². The molecule has 0 aliphatic carbocycles. The second-order valence-electron chi connectivity index (χ2n) is 3.09. The Labute approximate surface area is 83.9 Å². The predicted octanol–water partition coefficient (Wildman–Crippen LogP) is 1.18. The molecule has 0 bridgehead atoms. The molecule has 1 N–H and O–H groups in total. The molecule has 0 atom stereocenters. The molecule has 1 heterocycles. The zero-order valence-corrected chi connectivity index (χ0v) is 9.32. The molecule has 0 amide bonds. The maximum Gasteiger partial charge on any atom is 0.0661 e. The van der Waals surface area contributed by atoms with Crippen molar-refractivity contribution in [1.29, 1.82) is 0 Å². The summed E-state index contributed by atoms with van der Waals surface area (Å²) in [5.74, 6) is 2.16. The minimum atomic E-state index is 1.02. The lowest BCUT2D eigenvalue weighted by Crippen LogP contribution is -2.05. The van der Waals surface area contributed by atoms with Crippen molar-refractivity contribution >= 4 is 11.8 Å². The average molecular weight is 199 g/mol. The van der Waals surface area contributed by atoms with Gasteiger partial charge in [0.15, 0.2) is 0 Å². The van der Waals surface area contributed by atoms with E-state index in [0.29, 0.717) is 0 Å². The van der Waals surface area contributed by atoms with Crippen LogP contribution >= 0.6 is 11.8 Å². The zero-order valence-electron chi connectivity index (χ0n) is 8.50. The maximum absolute atomic E-state index is 4.39. The van der Waals surface area contributed by atoms with Gasteiger partial charge in [0.25, 0.3) is 0 Å². The van der Waals surface area contributed by atoms with Gasteiger partial charge in [0.2, 0.25) is 0 Å². The lowest BCUT2D eigenvalue weighted by atomic mass is 10.2. The highest BCUT2D eigenvalue weighted by molar-refractivity contribution is 7.99. The normalized spacial score (nSPS) is 10.7. The van der Waals surface area contributed by atoms with Crippen molar-refractivity contribution < 1.29 is 0 Å². The summed E-state index contributed by atoms with van der Waals surface area (Å²) in [6.45, 7) is 2.12. The van der Waals surface area contributed by atoms with E-state index in [1.807, 2.05) is 30.5 Å². The Morgan fingerprint density at radius 3 is 2.92 bits per heavy atom. The molecule has 3 nitrogen and oxygen atoms in total. The van der Waals surface area contributed by atoms with Gasteiger partial charge in [-0.25, -0.2) is 0 Å². The highest BCUT2D eigenvalue weighted by Crippen LogP contribution is 2.08. The van der Waals surface area contributed by atoms with Crippen LogP contribution in [-0.4, -0.2) is 28.5 Å². The Morgan fingerprint density at radius 1 is 1.62 bits per heavy atom. The Hall–Kier alpha value is -0.480. The average Bonchev–Trinajstić information content (AvgIpc) is 2.39. The summed E-state index contributed by atoms with van der Waals surface area (Å²) in [6.07, 6.45) is 3.14. The van der Waals surface area contributed by atoms with Crippen molar-refractivity contribution in [3.8, 4) is 0 Å². The van der Waals surface area contributed by atoms with Gasteiger partial charge in [-0.05, 0) is 19.5 Å². The van der Waals surface area contributed by atoms with E-state index in [1.54, 1.807) is 0 Å². The number of hydrogen-bond donors (Lipinski definition) is 1. The SMILES string of the molecule is CNCSCCc1nn(C)cc1C. The Morgan fingerprint density at radius 2 is 2.38 bits per heavy atom. The molecule has 4 heteroatoms. The van der Waals surface area contributed by atoms with Gasteiger partial charge in [-0.15, -0.1) is 11.8 Å². The quantitative estimate of drug-likeness (QED) is 0.570. The number of nitrogens with zero attached hydrogens (tertiary/aromatic N) is 2. The molecule has 74 valence electrons. The van der Waals surface area contributed by atoms with E-state index < -0.39 is 0 Å². The van der Waals surface area contributed by atoms with Crippen molar-refractivity contribution in [2.24, 2.45) is 7.05 Å². The first-order valence-corrected chi connectivity index (χ1v) is 5.61. The van der Waals surface area contributed by atoms with Gasteiger partial charge in [-0.3, -0.25) is 4.68 Å². The lowest BCUT2D eigenvalue weighted by molar-refractivity contribution is 0.747. The van der Waals surface area contributed by atoms with E-state index in [4.69, 9.17) is 0 Å². The van der Waals surface area contributed by atoms with E-state index in [0.717, 1.165) is 18.1 Å². The zero-order chi connectivity index (χ0) is 9.68. The second-order valence-corrected chi connectivity index (χ2v) is 4.19. The van der Waals surface area contributed by atoms with Crippen LogP contribution in [0, 0.1) is 6.92 Å². The number of thioether (sulfide) groups is 1. The predicted molar refractivity (Wildman–Crippen MR) is 58.0 cm³/mol. The van der Waals surface area contributed by atoms with E-state index in [1.165, 1.54) is 11.3 Å². The van der Waals surface area contributed by atoms with Crippen molar-refractivity contribution in [3.05, 3.63) is 17.5 Å². The van der Waals surface area contributed by atoms with Crippen LogP contribution in [-0.2, 0) is 13.5 Å². The largest absolute Gasteiger partial charge is 0.311 e. The summed E-state index contributed by atoms with van der Waals surface area (Å²) >= 11 is 1.91. The third-order valence-corrected chi connectivity index (χ3v) is 2.83. The molecule has 0 unspecified atom stereocenters. The minimum Gasteiger partial charge on any atom is -0.311 e. The number of nitrogens with one attached hydrogen (secondary N) is 1. The Balaban J connectivity index is 2.32. The maximum atomic E-state index is 4.39. The van der Waals surface area contributed by atoms with E-state index in [9.17, 15) is 0 Å². The number of rotatable bonds is 5. The molecule has 1 rings (SSSR count). The van der Waals surface area contributed by atoms with Crippen LogP contribution in [0.25, 0.3) is 0 Å². The molecule has 0 radical (unpaired) electrons. The van der Waals surface area contributed by atoms with Gasteiger partial charge in [-0.2, -0.15) is 5.10 Å². The molecule has 0 aliphatic rings. The van der Waals surface area contributed by atoms with Crippen LogP contribution in [0.2, 0.25) is 0 Å². The molecule has 0 aliphatic heterocycles. The highest BCUT2D eigenvalue weighted by Gasteiger charge is 2.01. The van der Waals surface area contributed by atoms with Gasteiger partial charge < -0.3 is 5.32 Å². The van der Waals surface area contributed by atoms with Crippen LogP contribution < -0.4 is 5.32 Å². The summed E-state index contributed by atoms with van der Waals surface area (Å²) in [4.78, 5) is 0. The van der Waals surface area contributed by atoms with Crippen LogP contribution in [0.3, 0.4) is 0 Å². The Kier molecular flexibility index (Phi) is 4.32. The first-order valence-electron chi connectivity index (χ1n) is 4.45. The number of aromatic nitrogens is 2. The number of hydrogen-bond acceptors (Lipinski definition) is 3. The topological polar surface area (TPSA) is 29.9 Å². The van der Waals surface area contributed by atoms with E-state index in [-0.39, 0.29) is 0 Å². The van der Waals surface area contributed by atoms with Crippen LogP contribution in [0.1, 0.15) is 11.3 Å². The monoisotopic (exact) mass is 199 g/mol. The Bertz CT molecular complexity index is 257. The summed E-state index contributed by atoms with van der Waals surface area (Å²) in [7, 11) is 3.94. The molecule has 0 fully saturated rings. The van der Waals surface area contributed by atoms with Crippen LogP contribution in [0.15, 0.2) is 6.20 Å². The van der Waals surface area contributed by atoms with E-state index >= 15 is 0 Å². The van der Waals surface area contributed by atoms with Crippen LogP contribution in [0.5, 0.6) is 0 Å². The molecule has 0 saturated heterocycles. The molecule has 1 aromatic rings. The third-order valence-electron chi connectivity index (χ3n) is 1.84. The fourth-order valence-electron chi connectivity index (χ4n) is 1.24. The van der Waals surface area contributed by atoms with Gasteiger partial charge in [0.05, 0.1) is 5.69 Å². The fraction of sp³-hybridized carbons (Fsp3) is 0.667. The molecule has 1 aromatic heterocycles. The first kappa shape index (κ1) is 10.6. The smallest absolute Gasteiger partial charge is 0.0661 e. The second kappa shape index (κ2) is 5.29. The van der Waals surface area contributed by atoms with Gasteiger partial charge in [-0.1, -0.05) is 0 Å². The number of aryl methyl sites for hydroxylation is 3. The highest BCUT2D eigenvalue weighted by atomic mass is 32.2. The first-order chi connectivity index (χ1) is 6.24. The molecule has 0 aromatic carbocycles. The lowest BCUT2D eigenvalue weighted by Gasteiger charge is -1.98. The molecule has 0 saturated carbocycles. The molecule has 13 heavy (non-hydrogen) atoms. The standard InChI is InChI=1S/C9H17N3S/c1-8-6-12(3)11-9(8)4-5-13-7-10-2/h6,10H,4-5,7H2,1-3H3. The van der Waals surface area contributed by atoms with E-state index in [2.05, 4.69) is 23.5 Å². The van der Waals surface area contributed by atoms with Crippen molar-refractivity contribution in [1.82, 2.24) is 15.1 Å². The fourth-order valence-corrected chi connectivity index (χ4v) is 1.93. The summed E-state index contributed by atoms with van der Waals surface area (Å²) < 4.78 is 1.88. The van der Waals surface area contributed by atoms with Crippen molar-refractivity contribution in [3.63, 3.8) is 0 Å².